The first-order chi connectivity index (χ1) is 9.38. The van der Waals surface area contributed by atoms with Gasteiger partial charge in [0, 0.05) is 0 Å². The van der Waals surface area contributed by atoms with Crippen molar-refractivity contribution in [3.8, 4) is 11.2 Å². The summed E-state index contributed by atoms with van der Waals surface area (Å²) in [5.74, 6) is 3.43. The Balaban J connectivity index is 1.95. The van der Waals surface area contributed by atoms with E-state index in [-0.39, 0.29) is 0 Å². The molecule has 0 aliphatic heterocycles. The Labute approximate surface area is 121 Å². The van der Waals surface area contributed by atoms with E-state index in [0.717, 1.165) is 15.7 Å². The fourth-order valence-electron chi connectivity index (χ4n) is 5.08. The molecule has 0 aromatic heterocycles. The van der Waals surface area contributed by atoms with Crippen molar-refractivity contribution in [2.24, 2.45) is 0 Å². The molecule has 1 heteroatoms. The fraction of sp³-hybridized carbons (Fsp3) is 0.889. The predicted molar refractivity (Wildman–Crippen MR) is 87.8 cm³/mol. The number of hydrogen-bond donors (Lipinski definition) is 0. The largest absolute Gasteiger partial charge is 0.169 e. The third-order valence-corrected chi connectivity index (χ3v) is 11.1. The molecule has 3 aliphatic carbocycles. The summed E-state index contributed by atoms with van der Waals surface area (Å²) in [6.45, 7) is 2.11. The molecule has 0 saturated heterocycles. The average Bonchev–Trinajstić information content (AvgIpc) is 3.18. The second-order valence-corrected chi connectivity index (χ2v) is 10.6. The van der Waals surface area contributed by atoms with Crippen molar-refractivity contribution in [3.63, 3.8) is 0 Å². The molecule has 0 aromatic carbocycles. The van der Waals surface area contributed by atoms with Crippen molar-refractivity contribution < 1.29 is 0 Å². The highest BCUT2D eigenvalue weighted by Crippen LogP contribution is 2.69. The molecule has 0 aromatic rings. The molecule has 3 saturated carbocycles. The third-order valence-electron chi connectivity index (χ3n) is 5.84. The second-order valence-electron chi connectivity index (χ2n) is 6.83. The fourth-order valence-corrected chi connectivity index (χ4v) is 10.9. The first-order valence-corrected chi connectivity index (χ1v) is 10.4. The summed E-state index contributed by atoms with van der Waals surface area (Å²) in [7, 11) is -0.643. The van der Waals surface area contributed by atoms with Gasteiger partial charge in [-0.2, -0.15) is 10.0 Å². The van der Waals surface area contributed by atoms with Crippen LogP contribution in [-0.4, -0.2) is 15.7 Å². The van der Waals surface area contributed by atoms with Crippen LogP contribution >= 0.6 is 10.0 Å². The summed E-state index contributed by atoms with van der Waals surface area (Å²) < 4.78 is 0. The molecule has 0 bridgehead atoms. The van der Waals surface area contributed by atoms with Gasteiger partial charge in [0.05, 0.1) is 0 Å². The van der Waals surface area contributed by atoms with Gasteiger partial charge in [-0.3, -0.25) is 0 Å². The SMILES string of the molecule is CC#CS(C1CCCC1)(C1CCCC1)C1CCCC1. The first kappa shape index (κ1) is 13.9. The van der Waals surface area contributed by atoms with E-state index < -0.39 is 10.0 Å². The Morgan fingerprint density at radius 3 is 1.21 bits per heavy atom. The normalized spacial score (nSPS) is 27.6. The molecular weight excluding hydrogens is 248 g/mol. The molecule has 0 nitrogen and oxygen atoms in total. The molecule has 3 rings (SSSR count). The summed E-state index contributed by atoms with van der Waals surface area (Å²) in [5, 5.41) is 7.01. The lowest BCUT2D eigenvalue weighted by molar-refractivity contribution is 0.786. The van der Waals surface area contributed by atoms with E-state index in [1.807, 2.05) is 0 Å². The van der Waals surface area contributed by atoms with Gasteiger partial charge in [-0.15, -0.1) is 0 Å². The van der Waals surface area contributed by atoms with Crippen LogP contribution in [0.25, 0.3) is 0 Å². The van der Waals surface area contributed by atoms with Gasteiger partial charge in [0.25, 0.3) is 0 Å². The van der Waals surface area contributed by atoms with Crippen molar-refractivity contribution in [1.82, 2.24) is 0 Å². The van der Waals surface area contributed by atoms with Crippen molar-refractivity contribution in [1.29, 1.82) is 0 Å². The van der Waals surface area contributed by atoms with E-state index in [1.165, 1.54) is 77.0 Å². The minimum absolute atomic E-state index is 0.643. The summed E-state index contributed by atoms with van der Waals surface area (Å²) in [6, 6.07) is 0. The molecule has 19 heavy (non-hydrogen) atoms. The van der Waals surface area contributed by atoms with E-state index in [0.29, 0.717) is 0 Å². The maximum absolute atomic E-state index is 3.96. The van der Waals surface area contributed by atoms with Crippen LogP contribution in [0.5, 0.6) is 0 Å². The predicted octanol–water partition coefficient (Wildman–Crippen LogP) is 5.60. The van der Waals surface area contributed by atoms with E-state index >= 15 is 0 Å². The van der Waals surface area contributed by atoms with Crippen molar-refractivity contribution in [2.75, 3.05) is 0 Å². The van der Waals surface area contributed by atoms with E-state index in [4.69, 9.17) is 0 Å². The average molecular weight is 279 g/mol. The zero-order chi connectivity index (χ0) is 13.1. The van der Waals surface area contributed by atoms with Crippen LogP contribution in [0.15, 0.2) is 0 Å². The third kappa shape index (κ3) is 2.46. The highest BCUT2D eigenvalue weighted by atomic mass is 32.3. The molecular formula is C18H30S. The van der Waals surface area contributed by atoms with Crippen LogP contribution in [0.2, 0.25) is 0 Å². The Kier molecular flexibility index (Phi) is 4.47. The first-order valence-electron chi connectivity index (χ1n) is 8.61. The van der Waals surface area contributed by atoms with Crippen LogP contribution in [0.3, 0.4) is 0 Å². The van der Waals surface area contributed by atoms with Crippen LogP contribution in [-0.2, 0) is 0 Å². The monoisotopic (exact) mass is 278 g/mol. The van der Waals surface area contributed by atoms with E-state index in [1.54, 1.807) is 0 Å². The van der Waals surface area contributed by atoms with Gasteiger partial charge in [0.1, 0.15) is 0 Å². The molecule has 0 spiro atoms. The Bertz CT molecular complexity index is 303. The van der Waals surface area contributed by atoms with Gasteiger partial charge >= 0.3 is 0 Å². The van der Waals surface area contributed by atoms with E-state index in [2.05, 4.69) is 18.1 Å². The molecule has 0 atom stereocenters. The molecule has 0 heterocycles. The molecule has 0 N–H and O–H groups in total. The lowest BCUT2D eigenvalue weighted by Crippen LogP contribution is -2.32. The zero-order valence-electron chi connectivity index (χ0n) is 12.6. The van der Waals surface area contributed by atoms with Crippen LogP contribution in [0.4, 0.5) is 0 Å². The molecule has 0 amide bonds. The molecule has 3 fully saturated rings. The standard InChI is InChI=1S/C18H30S/c1-2-15-19(16-9-3-4-10-16,17-11-5-6-12-17)18-13-7-8-14-18/h16-18H,3-14H2,1H3. The van der Waals surface area contributed by atoms with Crippen LogP contribution in [0, 0.1) is 11.2 Å². The van der Waals surface area contributed by atoms with Gasteiger partial charge < -0.3 is 0 Å². The maximum Gasteiger partial charge on any atom is -0.000454 e. The maximum atomic E-state index is 3.96. The van der Waals surface area contributed by atoms with Gasteiger partial charge in [-0.25, -0.2) is 0 Å². The molecule has 0 radical (unpaired) electrons. The summed E-state index contributed by atoms with van der Waals surface area (Å²) in [4.78, 5) is 0. The quantitative estimate of drug-likeness (QED) is 0.589. The highest BCUT2D eigenvalue weighted by molar-refractivity contribution is 8.38. The summed E-state index contributed by atoms with van der Waals surface area (Å²) in [5.41, 5.74) is 0. The lowest BCUT2D eigenvalue weighted by Gasteiger charge is -2.50. The second kappa shape index (κ2) is 6.13. The van der Waals surface area contributed by atoms with Crippen molar-refractivity contribution >= 4 is 10.0 Å². The van der Waals surface area contributed by atoms with Gasteiger partial charge in [-0.1, -0.05) is 49.7 Å². The Hall–Kier alpha value is -0.0900. The van der Waals surface area contributed by atoms with Crippen molar-refractivity contribution in [2.45, 2.75) is 99.7 Å². The number of rotatable bonds is 3. The lowest BCUT2D eigenvalue weighted by atomic mass is 10.3. The molecule has 108 valence electrons. The minimum atomic E-state index is -0.643. The topological polar surface area (TPSA) is 0 Å². The zero-order valence-corrected chi connectivity index (χ0v) is 13.4. The Morgan fingerprint density at radius 2 is 0.947 bits per heavy atom. The smallest absolute Gasteiger partial charge is 0.000454 e. The summed E-state index contributed by atoms with van der Waals surface area (Å²) in [6.07, 6.45) is 18.0. The van der Waals surface area contributed by atoms with Crippen LogP contribution < -0.4 is 0 Å². The minimum Gasteiger partial charge on any atom is -0.169 e. The van der Waals surface area contributed by atoms with Crippen LogP contribution in [0.1, 0.15) is 84.0 Å². The number of hydrogen-bond acceptors (Lipinski definition) is 0. The van der Waals surface area contributed by atoms with Gasteiger partial charge in [0.15, 0.2) is 0 Å². The van der Waals surface area contributed by atoms with E-state index in [9.17, 15) is 0 Å². The van der Waals surface area contributed by atoms with Gasteiger partial charge in [-0.05, 0) is 61.2 Å². The summed E-state index contributed by atoms with van der Waals surface area (Å²) >= 11 is 0. The molecule has 0 unspecified atom stereocenters. The molecule has 3 aliphatic rings. The van der Waals surface area contributed by atoms with Crippen molar-refractivity contribution in [3.05, 3.63) is 0 Å². The van der Waals surface area contributed by atoms with Gasteiger partial charge in [0.2, 0.25) is 0 Å². The highest BCUT2D eigenvalue weighted by Gasteiger charge is 2.47. The Morgan fingerprint density at radius 1 is 0.632 bits per heavy atom.